The van der Waals surface area contributed by atoms with Gasteiger partial charge in [-0.1, -0.05) is 13.3 Å². The van der Waals surface area contributed by atoms with E-state index >= 15 is 0 Å². The molecule has 1 atom stereocenters. The highest BCUT2D eigenvalue weighted by Crippen LogP contribution is 2.19. The predicted molar refractivity (Wildman–Crippen MR) is 140 cm³/mol. The van der Waals surface area contributed by atoms with Crippen molar-refractivity contribution in [2.45, 2.75) is 58.6 Å². The van der Waals surface area contributed by atoms with Crippen LogP contribution in [0.5, 0.6) is 0 Å². The lowest BCUT2D eigenvalue weighted by Gasteiger charge is -2.36. The molecule has 1 aliphatic rings. The van der Waals surface area contributed by atoms with E-state index in [1.807, 2.05) is 33.8 Å². The molecular formula is C27H35F2N5O4. The number of piperazine rings is 1. The Kier molecular flexibility index (Phi) is 9.60. The van der Waals surface area contributed by atoms with Crippen LogP contribution in [0.2, 0.25) is 0 Å². The van der Waals surface area contributed by atoms with Gasteiger partial charge in [-0.15, -0.1) is 0 Å². The number of hydrogen-bond donors (Lipinski definition) is 2. The van der Waals surface area contributed by atoms with E-state index in [1.165, 1.54) is 0 Å². The van der Waals surface area contributed by atoms with Gasteiger partial charge in [0, 0.05) is 32.2 Å². The van der Waals surface area contributed by atoms with Gasteiger partial charge in [0.2, 0.25) is 11.8 Å². The van der Waals surface area contributed by atoms with E-state index in [-0.39, 0.29) is 18.1 Å². The van der Waals surface area contributed by atoms with Gasteiger partial charge in [-0.05, 0) is 57.0 Å². The number of carbonyl (C=O) groups is 3. The molecule has 1 aromatic heterocycles. The van der Waals surface area contributed by atoms with Gasteiger partial charge < -0.3 is 25.2 Å². The number of ether oxygens (including phenoxy) is 1. The lowest BCUT2D eigenvalue weighted by molar-refractivity contribution is -0.126. The number of halogens is 2. The molecule has 0 radical (unpaired) electrons. The van der Waals surface area contributed by atoms with Crippen molar-refractivity contribution >= 4 is 29.4 Å². The van der Waals surface area contributed by atoms with E-state index < -0.39 is 35.1 Å². The average Bonchev–Trinajstić information content (AvgIpc) is 2.82. The van der Waals surface area contributed by atoms with Crippen molar-refractivity contribution < 1.29 is 27.9 Å². The molecule has 1 aromatic carbocycles. The number of nitrogens with one attached hydrogen (secondary N) is 2. The number of hydrogen-bond acceptors (Lipinski definition) is 6. The summed E-state index contributed by atoms with van der Waals surface area (Å²) < 4.78 is 32.3. The Morgan fingerprint density at radius 3 is 2.26 bits per heavy atom. The summed E-state index contributed by atoms with van der Waals surface area (Å²) in [6, 6.07) is 5.58. The molecular weight excluding hydrogens is 496 g/mol. The first-order valence-electron chi connectivity index (χ1n) is 12.7. The van der Waals surface area contributed by atoms with Crippen molar-refractivity contribution in [1.82, 2.24) is 15.2 Å². The third-order valence-corrected chi connectivity index (χ3v) is 5.81. The Balaban J connectivity index is 1.53. The van der Waals surface area contributed by atoms with Gasteiger partial charge >= 0.3 is 6.09 Å². The van der Waals surface area contributed by atoms with Crippen LogP contribution in [0.15, 0.2) is 36.5 Å². The van der Waals surface area contributed by atoms with Gasteiger partial charge in [0.15, 0.2) is 0 Å². The highest BCUT2D eigenvalue weighted by atomic mass is 19.1. The normalized spacial score (nSPS) is 14.6. The molecule has 2 N–H and O–H groups in total. The summed E-state index contributed by atoms with van der Waals surface area (Å²) in [6.45, 7) is 9.66. The Bertz CT molecular complexity index is 1110. The first kappa shape index (κ1) is 28.8. The minimum absolute atomic E-state index is 0.180. The summed E-state index contributed by atoms with van der Waals surface area (Å²) in [4.78, 5) is 45.6. The quantitative estimate of drug-likeness (QED) is 0.536. The van der Waals surface area contributed by atoms with Gasteiger partial charge in [-0.25, -0.2) is 18.6 Å². The van der Waals surface area contributed by atoms with Crippen molar-refractivity contribution in [3.8, 4) is 0 Å². The number of benzene rings is 1. The monoisotopic (exact) mass is 531 g/mol. The standard InChI is InChI=1S/C27H35F2N5O4/c1-5-6-22(31-24(35)15-18-13-19(28)16-20(29)14-18)25(36)32-23-8-7-21(17-30-23)33-9-11-34(12-10-33)26(37)38-27(2,3)4/h7-8,13-14,16-17,22H,5-6,9-12,15H2,1-4H3,(H,31,35)(H,30,32,36). The summed E-state index contributed by atoms with van der Waals surface area (Å²) in [5.74, 6) is -2.16. The van der Waals surface area contributed by atoms with Crippen molar-refractivity contribution in [2.75, 3.05) is 36.4 Å². The molecule has 0 saturated carbocycles. The summed E-state index contributed by atoms with van der Waals surface area (Å²) in [6.07, 6.45) is 2.08. The summed E-state index contributed by atoms with van der Waals surface area (Å²) in [5.41, 5.74) is 0.491. The number of nitrogens with zero attached hydrogens (tertiary/aromatic N) is 3. The first-order valence-corrected chi connectivity index (χ1v) is 12.7. The minimum atomic E-state index is -0.826. The zero-order chi connectivity index (χ0) is 27.9. The fourth-order valence-corrected chi connectivity index (χ4v) is 4.04. The molecule has 38 heavy (non-hydrogen) atoms. The van der Waals surface area contributed by atoms with Crippen LogP contribution in [0.25, 0.3) is 0 Å². The van der Waals surface area contributed by atoms with Crippen LogP contribution >= 0.6 is 0 Å². The van der Waals surface area contributed by atoms with Crippen LogP contribution < -0.4 is 15.5 Å². The van der Waals surface area contributed by atoms with Crippen molar-refractivity contribution in [2.24, 2.45) is 0 Å². The zero-order valence-electron chi connectivity index (χ0n) is 22.2. The molecule has 9 nitrogen and oxygen atoms in total. The first-order chi connectivity index (χ1) is 17.9. The van der Waals surface area contributed by atoms with E-state index in [2.05, 4.69) is 20.5 Å². The molecule has 1 fully saturated rings. The molecule has 2 aromatic rings. The summed E-state index contributed by atoms with van der Waals surface area (Å²) >= 11 is 0. The fourth-order valence-electron chi connectivity index (χ4n) is 4.04. The SMILES string of the molecule is CCCC(NC(=O)Cc1cc(F)cc(F)c1)C(=O)Nc1ccc(N2CCN(C(=O)OC(C)(C)C)CC2)cn1. The fraction of sp³-hybridized carbons (Fsp3) is 0.481. The van der Waals surface area contributed by atoms with Gasteiger partial charge in [-0.3, -0.25) is 9.59 Å². The maximum Gasteiger partial charge on any atom is 0.410 e. The third kappa shape index (κ3) is 8.67. The van der Waals surface area contributed by atoms with E-state index in [0.29, 0.717) is 44.8 Å². The molecule has 0 aliphatic carbocycles. The largest absolute Gasteiger partial charge is 0.444 e. The molecule has 2 heterocycles. The Morgan fingerprint density at radius 2 is 1.71 bits per heavy atom. The Hall–Kier alpha value is -3.76. The number of carbonyl (C=O) groups excluding carboxylic acids is 3. The van der Waals surface area contributed by atoms with E-state index in [4.69, 9.17) is 4.74 Å². The smallest absolute Gasteiger partial charge is 0.410 e. The molecule has 0 spiro atoms. The van der Waals surface area contributed by atoms with Gasteiger partial charge in [0.1, 0.15) is 29.1 Å². The van der Waals surface area contributed by atoms with Crippen LogP contribution in [0.3, 0.4) is 0 Å². The summed E-state index contributed by atoms with van der Waals surface area (Å²) in [7, 11) is 0. The highest BCUT2D eigenvalue weighted by Gasteiger charge is 2.26. The number of aromatic nitrogens is 1. The van der Waals surface area contributed by atoms with Crippen LogP contribution in [0.1, 0.15) is 46.1 Å². The van der Waals surface area contributed by atoms with E-state index in [9.17, 15) is 23.2 Å². The molecule has 3 amide bonds. The number of pyridine rings is 1. The topological polar surface area (TPSA) is 104 Å². The summed E-state index contributed by atoms with van der Waals surface area (Å²) in [5, 5.41) is 5.36. The zero-order valence-corrected chi connectivity index (χ0v) is 22.2. The van der Waals surface area contributed by atoms with Gasteiger partial charge in [0.05, 0.1) is 18.3 Å². The van der Waals surface area contributed by atoms with Gasteiger partial charge in [-0.2, -0.15) is 0 Å². The maximum absolute atomic E-state index is 13.4. The van der Waals surface area contributed by atoms with Crippen LogP contribution in [0.4, 0.5) is 25.1 Å². The van der Waals surface area contributed by atoms with Crippen LogP contribution in [0, 0.1) is 11.6 Å². The highest BCUT2D eigenvalue weighted by molar-refractivity contribution is 5.96. The van der Waals surface area contributed by atoms with Crippen molar-refractivity contribution in [1.29, 1.82) is 0 Å². The van der Waals surface area contributed by atoms with Gasteiger partial charge in [0.25, 0.3) is 0 Å². The molecule has 0 bridgehead atoms. The second-order valence-corrected chi connectivity index (χ2v) is 10.2. The lowest BCUT2D eigenvalue weighted by atomic mass is 10.1. The number of anilines is 2. The predicted octanol–water partition coefficient (Wildman–Crippen LogP) is 3.88. The van der Waals surface area contributed by atoms with Crippen molar-refractivity contribution in [3.63, 3.8) is 0 Å². The lowest BCUT2D eigenvalue weighted by Crippen LogP contribution is -2.50. The molecule has 11 heteroatoms. The molecule has 1 aliphatic heterocycles. The third-order valence-electron chi connectivity index (χ3n) is 5.81. The van der Waals surface area contributed by atoms with Crippen molar-refractivity contribution in [3.05, 3.63) is 53.7 Å². The minimum Gasteiger partial charge on any atom is -0.444 e. The molecule has 206 valence electrons. The second-order valence-electron chi connectivity index (χ2n) is 10.2. The van der Waals surface area contributed by atoms with Crippen LogP contribution in [-0.4, -0.2) is 65.6 Å². The Morgan fingerprint density at radius 1 is 1.05 bits per heavy atom. The average molecular weight is 532 g/mol. The second kappa shape index (κ2) is 12.7. The van der Waals surface area contributed by atoms with E-state index in [0.717, 1.165) is 23.9 Å². The maximum atomic E-state index is 13.4. The number of amides is 3. The van der Waals surface area contributed by atoms with E-state index in [1.54, 1.807) is 17.2 Å². The number of rotatable bonds is 8. The molecule has 1 saturated heterocycles. The Labute approximate surface area is 221 Å². The van der Waals surface area contributed by atoms with Crippen LogP contribution in [-0.2, 0) is 20.7 Å². The molecule has 1 unspecified atom stereocenters. The molecule has 3 rings (SSSR count).